The number of aromatic amines is 1. The number of benzene rings is 1. The molecule has 6 nitrogen and oxygen atoms in total. The van der Waals surface area contributed by atoms with E-state index < -0.39 is 6.10 Å². The van der Waals surface area contributed by atoms with Gasteiger partial charge in [-0.05, 0) is 44.9 Å². The smallest absolute Gasteiger partial charge is 0.267 e. The van der Waals surface area contributed by atoms with E-state index in [9.17, 15) is 4.79 Å². The van der Waals surface area contributed by atoms with Crippen LogP contribution in [0.25, 0.3) is 0 Å². The van der Waals surface area contributed by atoms with Crippen LogP contribution < -0.4 is 9.47 Å². The number of aromatic nitrogens is 2. The summed E-state index contributed by atoms with van der Waals surface area (Å²) in [5, 5.41) is 7.36. The van der Waals surface area contributed by atoms with Crippen LogP contribution in [0.5, 0.6) is 11.5 Å². The fourth-order valence-electron chi connectivity index (χ4n) is 3.64. The van der Waals surface area contributed by atoms with Crippen LogP contribution in [0.1, 0.15) is 37.1 Å². The zero-order valence-electron chi connectivity index (χ0n) is 14.6. The average molecular weight is 341 g/mol. The standard InChI is InChI=1S/C19H23N3O3/c1-12-10-15(21-20-12)14-6-5-9-22(11-14)19(23)18-13(2)24-16-7-3-4-8-17(16)25-18/h3-4,7-8,10,13-14,18H,5-6,9,11H2,1-2H3,(H,20,21). The Labute approximate surface area is 147 Å². The maximum atomic E-state index is 13.0. The van der Waals surface area contributed by atoms with Crippen LogP contribution >= 0.6 is 0 Å². The van der Waals surface area contributed by atoms with Gasteiger partial charge in [-0.25, -0.2) is 0 Å². The minimum atomic E-state index is -0.602. The van der Waals surface area contributed by atoms with Crippen LogP contribution in [0.4, 0.5) is 0 Å². The van der Waals surface area contributed by atoms with Crippen LogP contribution in [0.15, 0.2) is 30.3 Å². The first kappa shape index (κ1) is 16.0. The lowest BCUT2D eigenvalue weighted by Gasteiger charge is -2.37. The fraction of sp³-hybridized carbons (Fsp3) is 0.474. The summed E-state index contributed by atoms with van der Waals surface area (Å²) in [6.07, 6.45) is 1.11. The first-order valence-corrected chi connectivity index (χ1v) is 8.85. The highest BCUT2D eigenvalue weighted by molar-refractivity contribution is 5.82. The largest absolute Gasteiger partial charge is 0.482 e. The van der Waals surface area contributed by atoms with Crippen LogP contribution in [0, 0.1) is 6.92 Å². The molecule has 2 aliphatic heterocycles. The maximum Gasteiger partial charge on any atom is 0.267 e. The number of ether oxygens (including phenoxy) is 2. The molecule has 25 heavy (non-hydrogen) atoms. The van der Waals surface area contributed by atoms with Gasteiger partial charge < -0.3 is 14.4 Å². The van der Waals surface area contributed by atoms with E-state index in [2.05, 4.69) is 16.3 Å². The van der Waals surface area contributed by atoms with E-state index in [0.717, 1.165) is 30.8 Å². The molecule has 1 N–H and O–H groups in total. The molecule has 4 rings (SSSR count). The quantitative estimate of drug-likeness (QED) is 0.912. The molecule has 1 amide bonds. The summed E-state index contributed by atoms with van der Waals surface area (Å²) < 4.78 is 11.8. The Hall–Kier alpha value is -2.50. The van der Waals surface area contributed by atoms with Gasteiger partial charge >= 0.3 is 0 Å². The van der Waals surface area contributed by atoms with Crippen molar-refractivity contribution in [2.75, 3.05) is 13.1 Å². The van der Waals surface area contributed by atoms with Crippen molar-refractivity contribution >= 4 is 5.91 Å². The summed E-state index contributed by atoms with van der Waals surface area (Å²) in [5.41, 5.74) is 2.09. The van der Waals surface area contributed by atoms with Crippen LogP contribution in [0.3, 0.4) is 0 Å². The van der Waals surface area contributed by atoms with Gasteiger partial charge in [-0.3, -0.25) is 9.89 Å². The monoisotopic (exact) mass is 341 g/mol. The number of aryl methyl sites for hydroxylation is 1. The van der Waals surface area contributed by atoms with Gasteiger partial charge in [0.1, 0.15) is 6.10 Å². The molecule has 0 bridgehead atoms. The van der Waals surface area contributed by atoms with Crippen LogP contribution in [-0.4, -0.2) is 46.3 Å². The number of para-hydroxylation sites is 2. The highest BCUT2D eigenvalue weighted by atomic mass is 16.6. The van der Waals surface area contributed by atoms with E-state index in [4.69, 9.17) is 9.47 Å². The number of hydrogen-bond acceptors (Lipinski definition) is 4. The van der Waals surface area contributed by atoms with Crippen LogP contribution in [-0.2, 0) is 4.79 Å². The molecule has 0 radical (unpaired) electrons. The van der Waals surface area contributed by atoms with Gasteiger partial charge in [0.05, 0.1) is 5.69 Å². The highest BCUT2D eigenvalue weighted by Gasteiger charge is 2.38. The van der Waals surface area contributed by atoms with Gasteiger partial charge in [0.25, 0.3) is 5.91 Å². The molecule has 1 aromatic carbocycles. The van der Waals surface area contributed by atoms with Gasteiger partial charge in [0.15, 0.2) is 11.5 Å². The highest BCUT2D eigenvalue weighted by Crippen LogP contribution is 2.34. The van der Waals surface area contributed by atoms with E-state index >= 15 is 0 Å². The molecule has 3 atom stereocenters. The Kier molecular flexibility index (Phi) is 4.11. The Morgan fingerprint density at radius 1 is 1.28 bits per heavy atom. The van der Waals surface area contributed by atoms with E-state index in [1.165, 1.54) is 0 Å². The van der Waals surface area contributed by atoms with Gasteiger partial charge in [-0.15, -0.1) is 0 Å². The zero-order chi connectivity index (χ0) is 17.4. The summed E-state index contributed by atoms with van der Waals surface area (Å²) in [6, 6.07) is 9.56. The zero-order valence-corrected chi connectivity index (χ0v) is 14.6. The van der Waals surface area contributed by atoms with Gasteiger partial charge in [0.2, 0.25) is 6.10 Å². The summed E-state index contributed by atoms with van der Waals surface area (Å²) >= 11 is 0. The molecule has 1 fully saturated rings. The molecule has 2 aromatic rings. The van der Waals surface area contributed by atoms with Crippen molar-refractivity contribution in [3.8, 4) is 11.5 Å². The third kappa shape index (κ3) is 3.08. The Morgan fingerprint density at radius 2 is 2.04 bits per heavy atom. The molecular weight excluding hydrogens is 318 g/mol. The van der Waals surface area contributed by atoms with Crippen molar-refractivity contribution in [1.82, 2.24) is 15.1 Å². The van der Waals surface area contributed by atoms with E-state index in [1.54, 1.807) is 0 Å². The lowest BCUT2D eigenvalue weighted by Crippen LogP contribution is -2.52. The fourth-order valence-corrected chi connectivity index (χ4v) is 3.64. The minimum Gasteiger partial charge on any atom is -0.482 e. The van der Waals surface area contributed by atoms with Gasteiger partial charge in [-0.2, -0.15) is 5.10 Å². The number of hydrogen-bond donors (Lipinski definition) is 1. The number of amides is 1. The van der Waals surface area contributed by atoms with Crippen molar-refractivity contribution < 1.29 is 14.3 Å². The van der Waals surface area contributed by atoms with Crippen molar-refractivity contribution in [1.29, 1.82) is 0 Å². The molecule has 0 saturated carbocycles. The lowest BCUT2D eigenvalue weighted by atomic mass is 9.94. The summed E-state index contributed by atoms with van der Waals surface area (Å²) in [7, 11) is 0. The number of likely N-dealkylation sites (tertiary alicyclic amines) is 1. The van der Waals surface area contributed by atoms with E-state index in [-0.39, 0.29) is 17.9 Å². The molecule has 0 spiro atoms. The van der Waals surface area contributed by atoms with E-state index in [1.807, 2.05) is 43.0 Å². The summed E-state index contributed by atoms with van der Waals surface area (Å²) in [6.45, 7) is 5.32. The number of fused-ring (bicyclic) bond motifs is 1. The number of carbonyl (C=O) groups excluding carboxylic acids is 1. The number of H-pyrrole nitrogens is 1. The van der Waals surface area contributed by atoms with E-state index in [0.29, 0.717) is 18.0 Å². The summed E-state index contributed by atoms with van der Waals surface area (Å²) in [4.78, 5) is 14.9. The van der Waals surface area contributed by atoms with Crippen LogP contribution in [0.2, 0.25) is 0 Å². The van der Waals surface area contributed by atoms with Crippen molar-refractivity contribution in [2.45, 2.75) is 44.8 Å². The number of rotatable bonds is 2. The molecule has 132 valence electrons. The molecular formula is C19H23N3O3. The third-order valence-electron chi connectivity index (χ3n) is 4.96. The number of nitrogens with one attached hydrogen (secondary N) is 1. The normalized spacial score (nSPS) is 25.7. The first-order chi connectivity index (χ1) is 12.1. The second-order valence-corrected chi connectivity index (χ2v) is 6.91. The first-order valence-electron chi connectivity index (χ1n) is 8.85. The molecule has 2 aliphatic rings. The SMILES string of the molecule is Cc1cc(C2CCCN(C(=O)C3Oc4ccccc4OC3C)C2)n[nH]1. The van der Waals surface area contributed by atoms with Crippen molar-refractivity contribution in [3.05, 3.63) is 41.7 Å². The molecule has 3 unspecified atom stereocenters. The molecule has 6 heteroatoms. The molecule has 1 saturated heterocycles. The average Bonchev–Trinajstić information content (AvgIpc) is 3.07. The lowest BCUT2D eigenvalue weighted by molar-refractivity contribution is -0.145. The van der Waals surface area contributed by atoms with Crippen molar-refractivity contribution in [3.63, 3.8) is 0 Å². The maximum absolute atomic E-state index is 13.0. The van der Waals surface area contributed by atoms with Gasteiger partial charge in [0, 0.05) is 24.7 Å². The van der Waals surface area contributed by atoms with Crippen molar-refractivity contribution in [2.24, 2.45) is 0 Å². The number of carbonyl (C=O) groups is 1. The predicted molar refractivity (Wildman–Crippen MR) is 92.8 cm³/mol. The second-order valence-electron chi connectivity index (χ2n) is 6.91. The number of nitrogens with zero attached hydrogens (tertiary/aromatic N) is 2. The Bertz CT molecular complexity index is 773. The molecule has 1 aromatic heterocycles. The predicted octanol–water partition coefficient (Wildman–Crippen LogP) is 2.65. The summed E-state index contributed by atoms with van der Waals surface area (Å²) in [5.74, 6) is 1.60. The minimum absolute atomic E-state index is 0.000962. The Morgan fingerprint density at radius 3 is 2.76 bits per heavy atom. The van der Waals surface area contributed by atoms with Gasteiger partial charge in [-0.1, -0.05) is 12.1 Å². The second kappa shape index (κ2) is 6.43. The topological polar surface area (TPSA) is 67.5 Å². The molecule has 3 heterocycles. The molecule has 0 aliphatic carbocycles. The number of piperidine rings is 1. The third-order valence-corrected chi connectivity index (χ3v) is 4.96. The Balaban J connectivity index is 1.49.